The van der Waals surface area contributed by atoms with Crippen molar-refractivity contribution in [2.24, 2.45) is 5.41 Å². The van der Waals surface area contributed by atoms with Gasteiger partial charge in [-0.25, -0.2) is 0 Å². The number of hydrogen-bond donors (Lipinski definition) is 1. The topological polar surface area (TPSA) is 42.2 Å². The average molecular weight is 488 g/mol. The van der Waals surface area contributed by atoms with Crippen molar-refractivity contribution in [2.45, 2.75) is 32.7 Å². The summed E-state index contributed by atoms with van der Waals surface area (Å²) in [5.41, 5.74) is 4.86. The molecule has 1 aliphatic heterocycles. The summed E-state index contributed by atoms with van der Waals surface area (Å²) in [6.07, 6.45) is 1.36. The van der Waals surface area contributed by atoms with Crippen LogP contribution in [0.25, 0.3) is 27.7 Å². The minimum Gasteiger partial charge on any atom is -0.459 e. The lowest BCUT2D eigenvalue weighted by Gasteiger charge is -2.39. The number of furan rings is 1. The van der Waals surface area contributed by atoms with Gasteiger partial charge in [0.2, 0.25) is 0 Å². The van der Waals surface area contributed by atoms with E-state index in [0.717, 1.165) is 34.4 Å². The van der Waals surface area contributed by atoms with Gasteiger partial charge in [-0.2, -0.15) is 0 Å². The van der Waals surface area contributed by atoms with Crippen molar-refractivity contribution >= 4 is 51.0 Å². The summed E-state index contributed by atoms with van der Waals surface area (Å²) in [4.78, 5) is 13.6. The molecule has 1 aliphatic carbocycles. The molecular formula is C29H23Cl2NO2. The highest BCUT2D eigenvalue weighted by Gasteiger charge is 2.41. The van der Waals surface area contributed by atoms with Crippen LogP contribution in [0.4, 0.5) is 5.69 Å². The highest BCUT2D eigenvalue weighted by Crippen LogP contribution is 2.52. The molecule has 0 saturated carbocycles. The first-order valence-corrected chi connectivity index (χ1v) is 12.2. The van der Waals surface area contributed by atoms with E-state index >= 15 is 0 Å². The number of carbonyl (C=O) groups excluding carboxylic acids is 1. The van der Waals surface area contributed by atoms with Crippen molar-refractivity contribution < 1.29 is 9.21 Å². The Hall–Kier alpha value is -3.01. The fourth-order valence-electron chi connectivity index (χ4n) is 5.36. The van der Waals surface area contributed by atoms with Gasteiger partial charge in [0, 0.05) is 28.8 Å². The second-order valence-electron chi connectivity index (χ2n) is 9.95. The van der Waals surface area contributed by atoms with Gasteiger partial charge in [0.25, 0.3) is 0 Å². The lowest BCUT2D eigenvalue weighted by molar-refractivity contribution is -0.118. The molecule has 1 unspecified atom stereocenters. The molecule has 0 amide bonds. The van der Waals surface area contributed by atoms with Crippen LogP contribution < -0.4 is 5.32 Å². The SMILES string of the molecule is CC1(C)CC(=O)C2=C(C1)c1c(ccc3ccccc13)NC2c1ccc(-c2ccc(Cl)c(Cl)c2)o1. The monoisotopic (exact) mass is 487 g/mol. The number of carbonyl (C=O) groups is 1. The minimum absolute atomic E-state index is 0.0968. The smallest absolute Gasteiger partial charge is 0.162 e. The maximum Gasteiger partial charge on any atom is 0.162 e. The van der Waals surface area contributed by atoms with Gasteiger partial charge in [-0.05, 0) is 64.6 Å². The fraction of sp³-hybridized carbons (Fsp3) is 0.207. The summed E-state index contributed by atoms with van der Waals surface area (Å²) in [6, 6.07) is 21.6. The molecule has 34 heavy (non-hydrogen) atoms. The molecule has 3 aromatic carbocycles. The van der Waals surface area contributed by atoms with E-state index in [1.807, 2.05) is 24.3 Å². The summed E-state index contributed by atoms with van der Waals surface area (Å²) in [6.45, 7) is 4.34. The number of benzene rings is 3. The molecule has 3 nitrogen and oxygen atoms in total. The van der Waals surface area contributed by atoms with E-state index in [4.69, 9.17) is 27.6 Å². The highest BCUT2D eigenvalue weighted by molar-refractivity contribution is 6.42. The van der Waals surface area contributed by atoms with Crippen molar-refractivity contribution in [1.82, 2.24) is 0 Å². The Balaban J connectivity index is 1.52. The van der Waals surface area contributed by atoms with Gasteiger partial charge in [-0.3, -0.25) is 4.79 Å². The Morgan fingerprint density at radius 2 is 1.76 bits per heavy atom. The fourth-order valence-corrected chi connectivity index (χ4v) is 5.66. The van der Waals surface area contributed by atoms with Gasteiger partial charge in [0.1, 0.15) is 17.6 Å². The molecule has 0 radical (unpaired) electrons. The Morgan fingerprint density at radius 1 is 0.941 bits per heavy atom. The summed E-state index contributed by atoms with van der Waals surface area (Å²) in [5, 5.41) is 6.94. The summed E-state index contributed by atoms with van der Waals surface area (Å²) in [7, 11) is 0. The molecular weight excluding hydrogens is 465 g/mol. The first-order valence-electron chi connectivity index (χ1n) is 11.4. The van der Waals surface area contributed by atoms with Gasteiger partial charge in [-0.15, -0.1) is 0 Å². The Kier molecular flexibility index (Phi) is 4.91. The van der Waals surface area contributed by atoms with Crippen LogP contribution >= 0.6 is 23.2 Å². The zero-order valence-electron chi connectivity index (χ0n) is 18.9. The van der Waals surface area contributed by atoms with Gasteiger partial charge in [0.05, 0.1) is 10.0 Å². The van der Waals surface area contributed by atoms with Crippen LogP contribution in [0.2, 0.25) is 10.0 Å². The van der Waals surface area contributed by atoms with Crippen LogP contribution in [0, 0.1) is 5.41 Å². The highest BCUT2D eigenvalue weighted by atomic mass is 35.5. The molecule has 0 saturated heterocycles. The van der Waals surface area contributed by atoms with Crippen LogP contribution in [0.1, 0.15) is 44.1 Å². The van der Waals surface area contributed by atoms with Crippen LogP contribution in [0.15, 0.2) is 76.7 Å². The van der Waals surface area contributed by atoms with Gasteiger partial charge >= 0.3 is 0 Å². The van der Waals surface area contributed by atoms with Gasteiger partial charge in [0.15, 0.2) is 5.78 Å². The lowest BCUT2D eigenvalue weighted by atomic mass is 9.68. The van der Waals surface area contributed by atoms with Crippen molar-refractivity contribution in [3.63, 3.8) is 0 Å². The molecule has 6 rings (SSSR count). The quantitative estimate of drug-likeness (QED) is 0.307. The third-order valence-electron chi connectivity index (χ3n) is 6.85. The molecule has 4 aromatic rings. The third kappa shape index (κ3) is 3.46. The van der Waals surface area contributed by atoms with Crippen LogP contribution in [0.5, 0.6) is 0 Å². The summed E-state index contributed by atoms with van der Waals surface area (Å²) >= 11 is 12.3. The summed E-state index contributed by atoms with van der Waals surface area (Å²) in [5.74, 6) is 1.57. The van der Waals surface area contributed by atoms with Crippen molar-refractivity contribution in [3.8, 4) is 11.3 Å². The van der Waals surface area contributed by atoms with Crippen LogP contribution in [-0.4, -0.2) is 5.78 Å². The van der Waals surface area contributed by atoms with Crippen molar-refractivity contribution in [3.05, 3.63) is 93.7 Å². The molecule has 2 heterocycles. The van der Waals surface area contributed by atoms with Crippen molar-refractivity contribution in [2.75, 3.05) is 5.32 Å². The first-order chi connectivity index (χ1) is 16.3. The molecule has 2 aliphatic rings. The lowest BCUT2D eigenvalue weighted by Crippen LogP contribution is -2.33. The van der Waals surface area contributed by atoms with Crippen molar-refractivity contribution in [1.29, 1.82) is 0 Å². The van der Waals surface area contributed by atoms with Gasteiger partial charge in [-0.1, -0.05) is 67.4 Å². The number of fused-ring (bicyclic) bond motifs is 4. The minimum atomic E-state index is -0.344. The van der Waals surface area contributed by atoms with E-state index in [0.29, 0.717) is 28.0 Å². The maximum absolute atomic E-state index is 13.6. The molecule has 170 valence electrons. The number of nitrogens with one attached hydrogen (secondary N) is 1. The standard InChI is InChI=1S/C29H23Cl2NO2/c1-29(2)14-19-26-18-6-4-3-5-16(18)8-10-22(26)32-28(27(19)23(33)15-29)25-12-11-24(34-25)17-7-9-20(30)21(31)13-17/h3-13,28,32H,14-15H2,1-2H3. The average Bonchev–Trinajstić information content (AvgIpc) is 3.29. The number of halogens is 2. The first kappa shape index (κ1) is 21.5. The van der Waals surface area contributed by atoms with Gasteiger partial charge < -0.3 is 9.73 Å². The van der Waals surface area contributed by atoms with E-state index in [9.17, 15) is 4.79 Å². The normalized spacial score (nSPS) is 19.1. The number of ketones is 1. The molecule has 1 aromatic heterocycles. The predicted octanol–water partition coefficient (Wildman–Crippen LogP) is 8.72. The number of anilines is 1. The zero-order chi connectivity index (χ0) is 23.6. The Bertz CT molecular complexity index is 1510. The molecule has 0 fully saturated rings. The second kappa shape index (κ2) is 7.76. The van der Waals surface area contributed by atoms with E-state index in [2.05, 4.69) is 49.5 Å². The Labute approximate surface area is 208 Å². The molecule has 1 atom stereocenters. The molecule has 0 bridgehead atoms. The van der Waals surface area contributed by atoms with E-state index in [1.54, 1.807) is 12.1 Å². The summed E-state index contributed by atoms with van der Waals surface area (Å²) < 4.78 is 6.31. The molecule has 5 heteroatoms. The predicted molar refractivity (Wildman–Crippen MR) is 139 cm³/mol. The second-order valence-corrected chi connectivity index (χ2v) is 10.8. The van der Waals surface area contributed by atoms with E-state index in [1.165, 1.54) is 10.8 Å². The number of hydrogen-bond acceptors (Lipinski definition) is 3. The number of Topliss-reactive ketones (excluding diaryl/α,β-unsaturated/α-hetero) is 1. The van der Waals surface area contributed by atoms with Crippen LogP contribution in [0.3, 0.4) is 0 Å². The number of allylic oxidation sites excluding steroid dienone is 1. The maximum atomic E-state index is 13.6. The largest absolute Gasteiger partial charge is 0.459 e. The van der Waals surface area contributed by atoms with E-state index < -0.39 is 0 Å². The Morgan fingerprint density at radius 3 is 2.59 bits per heavy atom. The number of rotatable bonds is 2. The third-order valence-corrected chi connectivity index (χ3v) is 7.59. The van der Waals surface area contributed by atoms with Crippen LogP contribution in [-0.2, 0) is 4.79 Å². The zero-order valence-corrected chi connectivity index (χ0v) is 20.4. The molecule has 1 N–H and O–H groups in total. The molecule has 0 spiro atoms. The van der Waals surface area contributed by atoms with E-state index in [-0.39, 0.29) is 17.2 Å².